The van der Waals surface area contributed by atoms with E-state index in [4.69, 9.17) is 14.7 Å². The third-order valence-electron chi connectivity index (χ3n) is 3.81. The summed E-state index contributed by atoms with van der Waals surface area (Å²) in [5, 5.41) is 18.8. The first-order valence-corrected chi connectivity index (χ1v) is 10.5. The van der Waals surface area contributed by atoms with Crippen LogP contribution in [0.1, 0.15) is 59.3 Å². The van der Waals surface area contributed by atoms with Crippen molar-refractivity contribution in [1.29, 1.82) is 5.26 Å². The van der Waals surface area contributed by atoms with Crippen molar-refractivity contribution in [2.45, 2.75) is 76.9 Å². The molecule has 152 valence electrons. The summed E-state index contributed by atoms with van der Waals surface area (Å²) in [7, 11) is 0. The second kappa shape index (κ2) is 20.4. The van der Waals surface area contributed by atoms with Gasteiger partial charge in [0, 0.05) is 30.6 Å². The van der Waals surface area contributed by atoms with E-state index in [1.807, 2.05) is 20.8 Å². The van der Waals surface area contributed by atoms with Gasteiger partial charge in [0.1, 0.15) is 6.29 Å². The van der Waals surface area contributed by atoms with Gasteiger partial charge in [-0.3, -0.25) is 0 Å². The number of hydrogen-bond acceptors (Lipinski definition) is 6. The molecule has 0 aromatic rings. The number of ether oxygens (including phenoxy) is 2. The number of aliphatic hydroxyl groups is 1. The lowest BCUT2D eigenvalue weighted by Crippen LogP contribution is -2.21. The molecule has 0 amide bonds. The van der Waals surface area contributed by atoms with Crippen molar-refractivity contribution in [2.75, 3.05) is 19.0 Å². The number of unbranched alkanes of at least 4 members (excludes halogenated alkanes) is 4. The number of carbonyl (C=O) groups is 1. The Labute approximate surface area is 164 Å². The van der Waals surface area contributed by atoms with Crippen LogP contribution in [0.3, 0.4) is 0 Å². The van der Waals surface area contributed by atoms with E-state index in [0.29, 0.717) is 17.4 Å². The molecule has 1 N–H and O–H groups in total. The quantitative estimate of drug-likeness (QED) is 0.246. The van der Waals surface area contributed by atoms with Crippen molar-refractivity contribution in [3.63, 3.8) is 0 Å². The zero-order valence-corrected chi connectivity index (χ0v) is 17.5. The molecule has 0 saturated carbocycles. The number of hydrogen-bond donors (Lipinski definition) is 1. The van der Waals surface area contributed by atoms with E-state index in [1.165, 1.54) is 0 Å². The van der Waals surface area contributed by atoms with E-state index in [-0.39, 0.29) is 12.2 Å². The van der Waals surface area contributed by atoms with Crippen LogP contribution in [0.5, 0.6) is 0 Å². The summed E-state index contributed by atoms with van der Waals surface area (Å²) < 4.78 is 10.1. The third kappa shape index (κ3) is 14.3. The van der Waals surface area contributed by atoms with E-state index in [0.717, 1.165) is 51.6 Å². The fourth-order valence-electron chi connectivity index (χ4n) is 2.55. The lowest BCUT2D eigenvalue weighted by atomic mass is 9.97. The van der Waals surface area contributed by atoms with Crippen molar-refractivity contribution in [2.24, 2.45) is 5.92 Å². The number of nitrogens with zero attached hydrogens (tertiary/aromatic N) is 1. The second-order valence-electron chi connectivity index (χ2n) is 5.73. The van der Waals surface area contributed by atoms with E-state index in [9.17, 15) is 9.90 Å². The van der Waals surface area contributed by atoms with Crippen LogP contribution in [0, 0.1) is 17.2 Å². The van der Waals surface area contributed by atoms with Gasteiger partial charge >= 0.3 is 0 Å². The smallest absolute Gasteiger partial charge is 0.154 e. The van der Waals surface area contributed by atoms with Crippen LogP contribution < -0.4 is 0 Å². The highest BCUT2D eigenvalue weighted by atomic mass is 32.2. The van der Waals surface area contributed by atoms with E-state index < -0.39 is 6.10 Å². The molecule has 0 bridgehead atoms. The van der Waals surface area contributed by atoms with Gasteiger partial charge in [-0.2, -0.15) is 17.0 Å². The van der Waals surface area contributed by atoms with Gasteiger partial charge in [0.15, 0.2) is 6.29 Å². The molecule has 1 aliphatic heterocycles. The number of rotatable bonds is 11. The highest BCUT2D eigenvalue weighted by Gasteiger charge is 2.35. The van der Waals surface area contributed by atoms with Gasteiger partial charge in [0.2, 0.25) is 0 Å². The normalized spacial score (nSPS) is 21.2. The maximum Gasteiger partial charge on any atom is 0.154 e. The SMILES string of the molecule is C=C.CCOC(C)OCC.N#CC1C(O)CSC1CCCCCCC=O. The summed E-state index contributed by atoms with van der Waals surface area (Å²) in [6.45, 7) is 13.3. The Balaban J connectivity index is 0. The van der Waals surface area contributed by atoms with Crippen LogP contribution >= 0.6 is 11.8 Å². The molecule has 1 rings (SSSR count). The maximum absolute atomic E-state index is 10.1. The molecule has 0 spiro atoms. The van der Waals surface area contributed by atoms with Crippen molar-refractivity contribution in [3.05, 3.63) is 13.2 Å². The molecule has 1 aliphatic rings. The van der Waals surface area contributed by atoms with Gasteiger partial charge in [-0.15, -0.1) is 13.2 Å². The lowest BCUT2D eigenvalue weighted by Gasteiger charge is -2.13. The molecule has 6 heteroatoms. The maximum atomic E-state index is 10.1. The van der Waals surface area contributed by atoms with E-state index >= 15 is 0 Å². The van der Waals surface area contributed by atoms with Crippen molar-refractivity contribution < 1.29 is 19.4 Å². The molecule has 5 nitrogen and oxygen atoms in total. The van der Waals surface area contributed by atoms with Crippen LogP contribution in [0.15, 0.2) is 13.2 Å². The molecule has 3 atom stereocenters. The molecule has 3 unspecified atom stereocenters. The Morgan fingerprint density at radius 2 is 1.81 bits per heavy atom. The van der Waals surface area contributed by atoms with E-state index in [2.05, 4.69) is 19.2 Å². The Kier molecular flexibility index (Phi) is 21.5. The molecular formula is C20H37NO4S. The standard InChI is InChI=1S/C12H19NO2S.C6H14O2.C2H4/c13-8-10-11(15)9-16-12(10)6-4-2-1-3-5-7-14;1-4-7-6(3)8-5-2;1-2/h7,10-12,15H,1-6,9H2;6H,4-5H2,1-3H3;1-2H2. The molecule has 26 heavy (non-hydrogen) atoms. The zero-order chi connectivity index (χ0) is 20.2. The molecule has 1 fully saturated rings. The van der Waals surface area contributed by atoms with Crippen LogP contribution in [-0.2, 0) is 14.3 Å². The number of carbonyl (C=O) groups excluding carboxylic acids is 1. The van der Waals surface area contributed by atoms with Crippen LogP contribution in [-0.4, -0.2) is 48.0 Å². The summed E-state index contributed by atoms with van der Waals surface area (Å²) >= 11 is 1.72. The Hall–Kier alpha value is -0.870. The van der Waals surface area contributed by atoms with Crippen LogP contribution in [0.2, 0.25) is 0 Å². The summed E-state index contributed by atoms with van der Waals surface area (Å²) in [4.78, 5) is 10.1. The molecule has 0 aliphatic carbocycles. The van der Waals surface area contributed by atoms with Crippen LogP contribution in [0.25, 0.3) is 0 Å². The predicted molar refractivity (Wildman–Crippen MR) is 109 cm³/mol. The first-order chi connectivity index (χ1) is 12.6. The summed E-state index contributed by atoms with van der Waals surface area (Å²) in [5.41, 5.74) is 0. The van der Waals surface area contributed by atoms with E-state index in [1.54, 1.807) is 11.8 Å². The summed E-state index contributed by atoms with van der Waals surface area (Å²) in [6.07, 6.45) is 6.47. The van der Waals surface area contributed by atoms with Gasteiger partial charge < -0.3 is 19.4 Å². The number of thioether (sulfide) groups is 1. The van der Waals surface area contributed by atoms with Gasteiger partial charge in [-0.25, -0.2) is 0 Å². The average Bonchev–Trinajstić information content (AvgIpc) is 3.00. The minimum Gasteiger partial charge on any atom is -0.391 e. The fraction of sp³-hybridized carbons (Fsp3) is 0.800. The van der Waals surface area contributed by atoms with Gasteiger partial charge in [-0.05, 0) is 33.6 Å². The first kappa shape index (κ1) is 27.3. The van der Waals surface area contributed by atoms with Gasteiger partial charge in [-0.1, -0.05) is 19.3 Å². The molecule has 0 aromatic carbocycles. The highest BCUT2D eigenvalue weighted by molar-refractivity contribution is 8.00. The molecule has 0 radical (unpaired) electrons. The Morgan fingerprint density at radius 3 is 2.31 bits per heavy atom. The first-order valence-electron chi connectivity index (χ1n) is 9.46. The number of aldehydes is 1. The predicted octanol–water partition coefficient (Wildman–Crippen LogP) is 4.35. The largest absolute Gasteiger partial charge is 0.391 e. The third-order valence-corrected chi connectivity index (χ3v) is 5.30. The molecule has 0 aromatic heterocycles. The molecule has 1 heterocycles. The summed E-state index contributed by atoms with van der Waals surface area (Å²) in [6, 6.07) is 2.21. The molecular weight excluding hydrogens is 350 g/mol. The van der Waals surface area contributed by atoms with Crippen LogP contribution in [0.4, 0.5) is 0 Å². The van der Waals surface area contributed by atoms with Crippen molar-refractivity contribution >= 4 is 18.0 Å². The fourth-order valence-corrected chi connectivity index (χ4v) is 3.99. The second-order valence-corrected chi connectivity index (χ2v) is 7.00. The number of aliphatic hydroxyl groups excluding tert-OH is 1. The van der Waals surface area contributed by atoms with Crippen molar-refractivity contribution in [3.8, 4) is 6.07 Å². The topological polar surface area (TPSA) is 79.6 Å². The summed E-state index contributed by atoms with van der Waals surface area (Å²) in [5.74, 6) is 0.522. The van der Waals surface area contributed by atoms with Gasteiger partial charge in [0.25, 0.3) is 0 Å². The number of nitriles is 1. The lowest BCUT2D eigenvalue weighted by molar-refractivity contribution is -0.123. The Bertz CT molecular complexity index is 356. The minimum atomic E-state index is -0.435. The van der Waals surface area contributed by atoms with Gasteiger partial charge in [0.05, 0.1) is 18.1 Å². The molecule has 1 saturated heterocycles. The Morgan fingerprint density at radius 1 is 1.23 bits per heavy atom. The monoisotopic (exact) mass is 387 g/mol. The minimum absolute atomic E-state index is 0.0370. The zero-order valence-electron chi connectivity index (χ0n) is 16.7. The average molecular weight is 388 g/mol. The highest BCUT2D eigenvalue weighted by Crippen LogP contribution is 2.35. The van der Waals surface area contributed by atoms with Crippen molar-refractivity contribution in [1.82, 2.24) is 0 Å².